The predicted molar refractivity (Wildman–Crippen MR) is 74.1 cm³/mol. The maximum atomic E-state index is 13.2. The number of halogens is 2. The topological polar surface area (TPSA) is 20.2 Å². The summed E-state index contributed by atoms with van der Waals surface area (Å²) in [7, 11) is 0. The van der Waals surface area contributed by atoms with Gasteiger partial charge in [-0.05, 0) is 42.7 Å². The van der Waals surface area contributed by atoms with E-state index in [4.69, 9.17) is 0 Å². The first-order valence-electron chi connectivity index (χ1n) is 5.69. The number of aliphatic hydroxyl groups is 1. The first-order chi connectivity index (χ1) is 8.49. The largest absolute Gasteiger partial charge is 0.384 e. The lowest BCUT2D eigenvalue weighted by Crippen LogP contribution is -2.02. The molecule has 0 amide bonds. The number of aryl methyl sites for hydroxylation is 2. The van der Waals surface area contributed by atoms with Crippen molar-refractivity contribution in [1.82, 2.24) is 0 Å². The summed E-state index contributed by atoms with van der Waals surface area (Å²) in [5, 5.41) is 10.4. The molecule has 3 heteroatoms. The van der Waals surface area contributed by atoms with Gasteiger partial charge in [-0.2, -0.15) is 0 Å². The monoisotopic (exact) mass is 308 g/mol. The van der Waals surface area contributed by atoms with Crippen molar-refractivity contribution in [2.75, 3.05) is 0 Å². The average molecular weight is 309 g/mol. The van der Waals surface area contributed by atoms with Crippen molar-refractivity contribution in [2.45, 2.75) is 20.0 Å². The van der Waals surface area contributed by atoms with Crippen LogP contribution in [-0.2, 0) is 0 Å². The van der Waals surface area contributed by atoms with E-state index in [0.29, 0.717) is 11.1 Å². The van der Waals surface area contributed by atoms with Crippen LogP contribution in [0.3, 0.4) is 0 Å². The third kappa shape index (κ3) is 2.62. The van der Waals surface area contributed by atoms with Crippen molar-refractivity contribution in [2.24, 2.45) is 0 Å². The Hall–Kier alpha value is -1.19. The summed E-state index contributed by atoms with van der Waals surface area (Å²) in [5.74, 6) is -0.255. The van der Waals surface area contributed by atoms with E-state index in [9.17, 15) is 9.50 Å². The first kappa shape index (κ1) is 13.2. The molecule has 1 nitrogen and oxygen atoms in total. The highest BCUT2D eigenvalue weighted by Crippen LogP contribution is 2.30. The van der Waals surface area contributed by atoms with Crippen LogP contribution < -0.4 is 0 Å². The molecule has 0 bridgehead atoms. The number of benzene rings is 2. The Morgan fingerprint density at radius 1 is 1.11 bits per heavy atom. The fourth-order valence-electron chi connectivity index (χ4n) is 1.89. The van der Waals surface area contributed by atoms with Gasteiger partial charge in [-0.15, -0.1) is 0 Å². The van der Waals surface area contributed by atoms with Gasteiger partial charge in [0.05, 0.1) is 0 Å². The molecule has 2 aromatic carbocycles. The van der Waals surface area contributed by atoms with Gasteiger partial charge >= 0.3 is 0 Å². The number of rotatable bonds is 2. The zero-order valence-corrected chi connectivity index (χ0v) is 11.8. The lowest BCUT2D eigenvalue weighted by molar-refractivity contribution is 0.219. The highest BCUT2D eigenvalue weighted by molar-refractivity contribution is 9.10. The average Bonchev–Trinajstić information content (AvgIpc) is 2.35. The van der Waals surface area contributed by atoms with Crippen LogP contribution >= 0.6 is 15.9 Å². The normalized spacial score (nSPS) is 12.5. The minimum absolute atomic E-state index is 0.255. The zero-order chi connectivity index (χ0) is 13.3. The maximum absolute atomic E-state index is 13.2. The van der Waals surface area contributed by atoms with Crippen LogP contribution in [0.2, 0.25) is 0 Å². The first-order valence-corrected chi connectivity index (χ1v) is 6.48. The van der Waals surface area contributed by atoms with Gasteiger partial charge in [-0.25, -0.2) is 4.39 Å². The summed E-state index contributed by atoms with van der Waals surface area (Å²) in [6.45, 7) is 3.66. The third-order valence-corrected chi connectivity index (χ3v) is 3.67. The van der Waals surface area contributed by atoms with Crippen LogP contribution in [-0.4, -0.2) is 5.11 Å². The molecule has 1 unspecified atom stereocenters. The van der Waals surface area contributed by atoms with Crippen molar-refractivity contribution in [3.8, 4) is 0 Å². The molecule has 0 aliphatic carbocycles. The van der Waals surface area contributed by atoms with E-state index >= 15 is 0 Å². The van der Waals surface area contributed by atoms with Crippen LogP contribution in [0, 0.1) is 19.7 Å². The number of hydrogen-bond acceptors (Lipinski definition) is 1. The highest BCUT2D eigenvalue weighted by Gasteiger charge is 2.14. The van der Waals surface area contributed by atoms with E-state index in [-0.39, 0.29) is 5.82 Å². The quantitative estimate of drug-likeness (QED) is 0.877. The van der Waals surface area contributed by atoms with Gasteiger partial charge in [0, 0.05) is 4.47 Å². The van der Waals surface area contributed by atoms with Crippen molar-refractivity contribution >= 4 is 15.9 Å². The Kier molecular flexibility index (Phi) is 3.83. The van der Waals surface area contributed by atoms with Crippen LogP contribution in [0.4, 0.5) is 4.39 Å². The summed E-state index contributed by atoms with van der Waals surface area (Å²) in [4.78, 5) is 0. The maximum Gasteiger partial charge on any atom is 0.126 e. The van der Waals surface area contributed by atoms with Crippen LogP contribution in [0.25, 0.3) is 0 Å². The van der Waals surface area contributed by atoms with E-state index in [2.05, 4.69) is 15.9 Å². The van der Waals surface area contributed by atoms with E-state index < -0.39 is 6.10 Å². The molecule has 0 saturated heterocycles. The zero-order valence-electron chi connectivity index (χ0n) is 10.2. The second-order valence-corrected chi connectivity index (χ2v) is 5.29. The van der Waals surface area contributed by atoms with E-state index in [1.54, 1.807) is 19.1 Å². The van der Waals surface area contributed by atoms with Crippen molar-refractivity contribution in [1.29, 1.82) is 0 Å². The Labute approximate surface area is 114 Å². The molecule has 0 heterocycles. The Morgan fingerprint density at radius 3 is 2.50 bits per heavy atom. The Balaban J connectivity index is 2.44. The molecule has 18 heavy (non-hydrogen) atoms. The second kappa shape index (κ2) is 5.21. The molecular formula is C15H14BrFO. The summed E-state index contributed by atoms with van der Waals surface area (Å²) >= 11 is 3.43. The van der Waals surface area contributed by atoms with Gasteiger partial charge in [-0.1, -0.05) is 45.8 Å². The van der Waals surface area contributed by atoms with Crippen LogP contribution in [0.5, 0.6) is 0 Å². The van der Waals surface area contributed by atoms with Gasteiger partial charge in [0.2, 0.25) is 0 Å². The fraction of sp³-hybridized carbons (Fsp3) is 0.200. The number of aliphatic hydroxyl groups excluding tert-OH is 1. The molecule has 0 fully saturated rings. The summed E-state index contributed by atoms with van der Waals surface area (Å²) < 4.78 is 14.1. The summed E-state index contributed by atoms with van der Waals surface area (Å²) in [6, 6.07) is 10.5. The highest BCUT2D eigenvalue weighted by atomic mass is 79.9. The lowest BCUT2D eigenvalue weighted by Gasteiger charge is -2.15. The minimum atomic E-state index is -0.751. The van der Waals surface area contributed by atoms with E-state index in [0.717, 1.165) is 15.6 Å². The molecule has 0 aliphatic heterocycles. The van der Waals surface area contributed by atoms with Crippen LogP contribution in [0.15, 0.2) is 40.9 Å². The molecule has 0 spiro atoms. The molecule has 0 radical (unpaired) electrons. The van der Waals surface area contributed by atoms with Gasteiger partial charge in [-0.3, -0.25) is 0 Å². The second-order valence-electron chi connectivity index (χ2n) is 4.44. The summed E-state index contributed by atoms with van der Waals surface area (Å²) in [5.41, 5.74) is 3.10. The minimum Gasteiger partial charge on any atom is -0.384 e. The van der Waals surface area contributed by atoms with Gasteiger partial charge in [0.1, 0.15) is 11.9 Å². The van der Waals surface area contributed by atoms with Gasteiger partial charge in [0.25, 0.3) is 0 Å². The van der Waals surface area contributed by atoms with Crippen molar-refractivity contribution in [3.63, 3.8) is 0 Å². The molecule has 0 aromatic heterocycles. The molecule has 0 saturated carbocycles. The molecule has 0 aliphatic rings. The molecule has 1 N–H and O–H groups in total. The Bertz CT molecular complexity index is 581. The Morgan fingerprint density at radius 2 is 1.83 bits per heavy atom. The van der Waals surface area contributed by atoms with Crippen molar-refractivity contribution < 1.29 is 9.50 Å². The smallest absolute Gasteiger partial charge is 0.126 e. The van der Waals surface area contributed by atoms with E-state index in [1.807, 2.05) is 25.1 Å². The van der Waals surface area contributed by atoms with Crippen LogP contribution in [0.1, 0.15) is 28.4 Å². The molecule has 1 atom stereocenters. The lowest BCUT2D eigenvalue weighted by atomic mass is 9.98. The molecular weight excluding hydrogens is 295 g/mol. The third-order valence-electron chi connectivity index (χ3n) is 2.94. The molecule has 94 valence electrons. The van der Waals surface area contributed by atoms with Gasteiger partial charge in [0.15, 0.2) is 0 Å². The SMILES string of the molecule is Cc1ccc(Br)c(C(O)c2ccc(F)c(C)c2)c1. The number of hydrogen-bond donors (Lipinski definition) is 1. The van der Waals surface area contributed by atoms with Gasteiger partial charge < -0.3 is 5.11 Å². The summed E-state index contributed by atoms with van der Waals surface area (Å²) in [6.07, 6.45) is -0.751. The van der Waals surface area contributed by atoms with E-state index in [1.165, 1.54) is 6.07 Å². The standard InChI is InChI=1S/C15H14BrFO/c1-9-3-5-13(16)12(7-9)15(18)11-4-6-14(17)10(2)8-11/h3-8,15,18H,1-2H3. The van der Waals surface area contributed by atoms with Crippen molar-refractivity contribution in [3.05, 3.63) is 68.9 Å². The fourth-order valence-corrected chi connectivity index (χ4v) is 2.35. The predicted octanol–water partition coefficient (Wildman–Crippen LogP) is 4.29. The molecule has 2 rings (SSSR count). The molecule has 2 aromatic rings.